The van der Waals surface area contributed by atoms with Crippen molar-refractivity contribution in [2.75, 3.05) is 6.54 Å². The molecule has 0 unspecified atom stereocenters. The summed E-state index contributed by atoms with van der Waals surface area (Å²) < 4.78 is 25.3. The van der Waals surface area contributed by atoms with Crippen molar-refractivity contribution in [2.45, 2.75) is 32.1 Å². The lowest BCUT2D eigenvalue weighted by Crippen LogP contribution is -2.44. The van der Waals surface area contributed by atoms with Gasteiger partial charge in [-0.25, -0.2) is 8.78 Å². The van der Waals surface area contributed by atoms with Crippen molar-refractivity contribution in [2.24, 2.45) is 16.6 Å². The van der Waals surface area contributed by atoms with Crippen LogP contribution in [0.2, 0.25) is 0 Å². The van der Waals surface area contributed by atoms with Crippen molar-refractivity contribution < 1.29 is 8.78 Å². The highest BCUT2D eigenvalue weighted by Crippen LogP contribution is 2.75. The maximum absolute atomic E-state index is 12.7. The summed E-state index contributed by atoms with van der Waals surface area (Å²) in [7, 11) is 0. The van der Waals surface area contributed by atoms with E-state index in [4.69, 9.17) is 5.73 Å². The van der Waals surface area contributed by atoms with Gasteiger partial charge in [0.1, 0.15) is 0 Å². The van der Waals surface area contributed by atoms with Crippen molar-refractivity contribution >= 4 is 0 Å². The fraction of sp³-hybridized carbons (Fsp3) is 1.00. The minimum Gasteiger partial charge on any atom is -0.330 e. The van der Waals surface area contributed by atoms with Crippen molar-refractivity contribution in [3.05, 3.63) is 0 Å². The van der Waals surface area contributed by atoms with Crippen LogP contribution in [-0.4, -0.2) is 12.5 Å². The van der Waals surface area contributed by atoms with E-state index in [0.717, 1.165) is 0 Å². The fourth-order valence-electron chi connectivity index (χ4n) is 2.49. The second-order valence-corrected chi connectivity index (χ2v) is 4.53. The minimum atomic E-state index is -2.36. The lowest BCUT2D eigenvalue weighted by molar-refractivity contribution is -0.0383. The molecule has 0 amide bonds. The number of hydrogen-bond acceptors (Lipinski definition) is 1. The summed E-state index contributed by atoms with van der Waals surface area (Å²) in [5.74, 6) is -2.36. The van der Waals surface area contributed by atoms with E-state index in [-0.39, 0.29) is 11.8 Å². The van der Waals surface area contributed by atoms with Crippen LogP contribution in [0.1, 0.15) is 26.2 Å². The van der Waals surface area contributed by atoms with Crippen LogP contribution in [0.5, 0.6) is 0 Å². The molecule has 1 spiro atoms. The molecule has 3 heteroatoms. The third-order valence-corrected chi connectivity index (χ3v) is 3.23. The van der Waals surface area contributed by atoms with E-state index in [1.54, 1.807) is 0 Å². The Hall–Kier alpha value is -0.180. The summed E-state index contributed by atoms with van der Waals surface area (Å²) in [6, 6.07) is 0. The molecular weight excluding hydrogens is 148 g/mol. The molecule has 2 N–H and O–H groups in total. The highest BCUT2D eigenvalue weighted by atomic mass is 19.3. The average molecular weight is 161 g/mol. The lowest BCUT2D eigenvalue weighted by atomic mass is 9.60. The molecule has 2 rings (SSSR count). The molecule has 0 aromatic heterocycles. The first kappa shape index (κ1) is 7.47. The Kier molecular flexibility index (Phi) is 1.09. The topological polar surface area (TPSA) is 26.0 Å². The van der Waals surface area contributed by atoms with Crippen LogP contribution in [0.3, 0.4) is 0 Å². The van der Waals surface area contributed by atoms with Gasteiger partial charge in [0.25, 0.3) is 5.92 Å². The molecule has 2 aliphatic carbocycles. The molecule has 0 atom stereocenters. The Morgan fingerprint density at radius 2 is 1.73 bits per heavy atom. The Morgan fingerprint density at radius 3 is 2.00 bits per heavy atom. The van der Waals surface area contributed by atoms with Crippen LogP contribution in [-0.2, 0) is 0 Å². The van der Waals surface area contributed by atoms with E-state index in [1.165, 1.54) is 0 Å². The van der Waals surface area contributed by atoms with Gasteiger partial charge >= 0.3 is 0 Å². The summed E-state index contributed by atoms with van der Waals surface area (Å²) in [5, 5.41) is 0. The van der Waals surface area contributed by atoms with Gasteiger partial charge in [-0.05, 0) is 24.8 Å². The van der Waals surface area contributed by atoms with Crippen LogP contribution in [0.15, 0.2) is 0 Å². The molecule has 64 valence electrons. The highest BCUT2D eigenvalue weighted by Gasteiger charge is 2.77. The predicted molar refractivity (Wildman–Crippen MR) is 38.4 cm³/mol. The van der Waals surface area contributed by atoms with Gasteiger partial charge in [-0.3, -0.25) is 0 Å². The standard InChI is InChI=1S/C8H13F2N/c1-6(5-11)2-7(3-6)4-8(7,9)10/h2-5,11H2,1H3. The van der Waals surface area contributed by atoms with E-state index in [1.807, 2.05) is 6.92 Å². The smallest absolute Gasteiger partial charge is 0.254 e. The van der Waals surface area contributed by atoms with Gasteiger partial charge in [0.2, 0.25) is 0 Å². The van der Waals surface area contributed by atoms with Gasteiger partial charge in [-0.2, -0.15) is 0 Å². The molecule has 0 saturated heterocycles. The monoisotopic (exact) mass is 161 g/mol. The quantitative estimate of drug-likeness (QED) is 0.623. The molecule has 2 fully saturated rings. The number of rotatable bonds is 1. The Morgan fingerprint density at radius 1 is 1.27 bits per heavy atom. The molecule has 11 heavy (non-hydrogen) atoms. The van der Waals surface area contributed by atoms with Gasteiger partial charge in [-0.15, -0.1) is 0 Å². The molecule has 2 aliphatic rings. The first-order valence-electron chi connectivity index (χ1n) is 4.01. The molecule has 0 aliphatic heterocycles. The second kappa shape index (κ2) is 1.60. The maximum atomic E-state index is 12.7. The van der Waals surface area contributed by atoms with Crippen LogP contribution >= 0.6 is 0 Å². The van der Waals surface area contributed by atoms with Crippen LogP contribution in [0, 0.1) is 10.8 Å². The maximum Gasteiger partial charge on any atom is 0.254 e. The normalized spacial score (nSPS) is 52.4. The van der Waals surface area contributed by atoms with Crippen molar-refractivity contribution in [1.29, 1.82) is 0 Å². The van der Waals surface area contributed by atoms with E-state index >= 15 is 0 Å². The van der Waals surface area contributed by atoms with Crippen molar-refractivity contribution in [1.82, 2.24) is 0 Å². The predicted octanol–water partition coefficient (Wildman–Crippen LogP) is 1.77. The first-order chi connectivity index (χ1) is 4.93. The summed E-state index contributed by atoms with van der Waals surface area (Å²) in [6.45, 7) is 2.54. The molecule has 0 aromatic rings. The van der Waals surface area contributed by atoms with Gasteiger partial charge < -0.3 is 5.73 Å². The zero-order valence-corrected chi connectivity index (χ0v) is 6.66. The van der Waals surface area contributed by atoms with Crippen LogP contribution in [0.4, 0.5) is 8.78 Å². The molecule has 0 heterocycles. The van der Waals surface area contributed by atoms with E-state index in [2.05, 4.69) is 0 Å². The van der Waals surface area contributed by atoms with Gasteiger partial charge in [0.05, 0.1) is 0 Å². The van der Waals surface area contributed by atoms with Gasteiger partial charge in [0, 0.05) is 11.8 Å². The molecule has 0 bridgehead atoms. The van der Waals surface area contributed by atoms with Gasteiger partial charge in [-0.1, -0.05) is 6.92 Å². The largest absolute Gasteiger partial charge is 0.330 e. The second-order valence-electron chi connectivity index (χ2n) is 4.53. The molecule has 0 aromatic carbocycles. The van der Waals surface area contributed by atoms with Crippen molar-refractivity contribution in [3.63, 3.8) is 0 Å². The average Bonchev–Trinajstić information content (AvgIpc) is 2.33. The lowest BCUT2D eigenvalue weighted by Gasteiger charge is -2.45. The number of hydrogen-bond donors (Lipinski definition) is 1. The minimum absolute atomic E-state index is 0.0138. The third-order valence-electron chi connectivity index (χ3n) is 3.23. The first-order valence-corrected chi connectivity index (χ1v) is 4.01. The zero-order chi connectivity index (χ0) is 8.33. The highest BCUT2D eigenvalue weighted by molar-refractivity contribution is 5.20. The summed E-state index contributed by atoms with van der Waals surface area (Å²) in [5.41, 5.74) is 4.86. The summed E-state index contributed by atoms with van der Waals surface area (Å²) >= 11 is 0. The third kappa shape index (κ3) is 0.776. The number of nitrogens with two attached hydrogens (primary N) is 1. The Labute approximate surface area is 65.0 Å². The fourth-order valence-corrected chi connectivity index (χ4v) is 2.49. The summed E-state index contributed by atoms with van der Waals surface area (Å²) in [6.07, 6.45) is 1.36. The Balaban J connectivity index is 2.00. The van der Waals surface area contributed by atoms with E-state index in [9.17, 15) is 8.78 Å². The molecular formula is C8H13F2N. The molecule has 0 radical (unpaired) electrons. The number of halogens is 2. The molecule has 1 nitrogen and oxygen atoms in total. The zero-order valence-electron chi connectivity index (χ0n) is 6.66. The SMILES string of the molecule is CC1(CN)CC2(C1)CC2(F)F. The number of alkyl halides is 2. The van der Waals surface area contributed by atoms with Crippen LogP contribution in [0.25, 0.3) is 0 Å². The van der Waals surface area contributed by atoms with Crippen molar-refractivity contribution in [3.8, 4) is 0 Å². The Bertz CT molecular complexity index is 194. The summed E-state index contributed by atoms with van der Waals surface area (Å²) in [4.78, 5) is 0. The van der Waals surface area contributed by atoms with Crippen LogP contribution < -0.4 is 5.73 Å². The van der Waals surface area contributed by atoms with Gasteiger partial charge in [0.15, 0.2) is 0 Å². The molecule has 2 saturated carbocycles. The van der Waals surface area contributed by atoms with E-state index in [0.29, 0.717) is 19.4 Å². The van der Waals surface area contributed by atoms with E-state index < -0.39 is 11.3 Å².